The highest BCUT2D eigenvalue weighted by atomic mass is 32.1. The maximum absolute atomic E-state index is 12.4. The average molecular weight is 385 g/mol. The Labute approximate surface area is 160 Å². The number of carbonyl (C=O) groups is 1. The Hall–Kier alpha value is -2.78. The molecule has 3 aromatic rings. The number of morpholine rings is 1. The fraction of sp³-hybridized carbons (Fsp3) is 0.333. The van der Waals surface area contributed by atoms with Crippen LogP contribution in [0.4, 0.5) is 10.9 Å². The van der Waals surface area contributed by atoms with E-state index in [1.165, 1.54) is 11.3 Å². The van der Waals surface area contributed by atoms with Crippen molar-refractivity contribution in [3.8, 4) is 5.75 Å². The fourth-order valence-corrected chi connectivity index (χ4v) is 3.67. The third-order valence-corrected chi connectivity index (χ3v) is 5.04. The number of ether oxygens (including phenoxy) is 2. The van der Waals surface area contributed by atoms with Gasteiger partial charge in [-0.05, 0) is 37.3 Å². The summed E-state index contributed by atoms with van der Waals surface area (Å²) in [5.74, 6) is 1.20. The molecule has 8 nitrogen and oxygen atoms in total. The number of thiazole rings is 1. The average Bonchev–Trinajstić information content (AvgIpc) is 3.10. The van der Waals surface area contributed by atoms with E-state index in [0.717, 1.165) is 34.9 Å². The minimum atomic E-state index is -0.333. The van der Waals surface area contributed by atoms with Gasteiger partial charge in [0.15, 0.2) is 16.6 Å². The molecule has 1 amide bonds. The first-order valence-corrected chi connectivity index (χ1v) is 9.56. The van der Waals surface area contributed by atoms with Gasteiger partial charge in [-0.25, -0.2) is 4.98 Å². The maximum atomic E-state index is 12.4. The Morgan fingerprint density at radius 1 is 1.26 bits per heavy atom. The van der Waals surface area contributed by atoms with Crippen LogP contribution < -0.4 is 15.0 Å². The molecule has 3 heterocycles. The molecule has 140 valence electrons. The van der Waals surface area contributed by atoms with Crippen molar-refractivity contribution in [3.05, 3.63) is 36.0 Å². The quantitative estimate of drug-likeness (QED) is 0.722. The summed E-state index contributed by atoms with van der Waals surface area (Å²) in [5.41, 5.74) is 1.06. The third-order valence-electron chi connectivity index (χ3n) is 4.11. The molecule has 0 saturated carbocycles. The van der Waals surface area contributed by atoms with E-state index in [2.05, 4.69) is 25.4 Å². The summed E-state index contributed by atoms with van der Waals surface area (Å²) < 4.78 is 11.8. The van der Waals surface area contributed by atoms with E-state index in [9.17, 15) is 4.79 Å². The number of nitrogens with zero attached hydrogens (tertiary/aromatic N) is 4. The second-order valence-electron chi connectivity index (χ2n) is 5.91. The molecule has 1 aliphatic heterocycles. The number of nitrogens with one attached hydrogen (secondary N) is 1. The molecule has 0 radical (unpaired) electrons. The van der Waals surface area contributed by atoms with Crippen molar-refractivity contribution in [3.63, 3.8) is 0 Å². The van der Waals surface area contributed by atoms with Crippen molar-refractivity contribution >= 4 is 38.4 Å². The van der Waals surface area contributed by atoms with E-state index in [4.69, 9.17) is 9.47 Å². The normalized spacial score (nSPS) is 14.3. The standard InChI is InChI=1S/C18H19N5O3S/c1-2-26-12-3-4-13-15(11-12)27-18(19-13)20-17(24)14-5-6-16(22-21-14)23-7-9-25-10-8-23/h3-6,11H,2,7-10H2,1H3,(H,19,20,24). The van der Waals surface area contributed by atoms with Crippen molar-refractivity contribution in [2.24, 2.45) is 0 Å². The lowest BCUT2D eigenvalue weighted by atomic mass is 10.3. The number of hydrogen-bond acceptors (Lipinski definition) is 8. The predicted molar refractivity (Wildman–Crippen MR) is 104 cm³/mol. The summed E-state index contributed by atoms with van der Waals surface area (Å²) in [6.45, 7) is 5.44. The third kappa shape index (κ3) is 3.99. The molecule has 4 rings (SSSR count). The Bertz CT molecular complexity index is 938. The van der Waals surface area contributed by atoms with E-state index in [1.807, 2.05) is 25.1 Å². The van der Waals surface area contributed by atoms with E-state index >= 15 is 0 Å². The van der Waals surface area contributed by atoms with Gasteiger partial charge in [-0.1, -0.05) is 11.3 Å². The Kier molecular flexibility index (Phi) is 5.12. The van der Waals surface area contributed by atoms with E-state index < -0.39 is 0 Å². The maximum Gasteiger partial charge on any atom is 0.277 e. The van der Waals surface area contributed by atoms with Crippen LogP contribution in [-0.4, -0.2) is 54.0 Å². The van der Waals surface area contributed by atoms with Crippen molar-refractivity contribution in [1.29, 1.82) is 0 Å². The summed E-state index contributed by atoms with van der Waals surface area (Å²) >= 11 is 1.39. The second kappa shape index (κ2) is 7.85. The smallest absolute Gasteiger partial charge is 0.277 e. The molecule has 1 aliphatic rings. The number of amides is 1. The highest BCUT2D eigenvalue weighted by Crippen LogP contribution is 2.29. The highest BCUT2D eigenvalue weighted by molar-refractivity contribution is 7.22. The molecule has 0 aliphatic carbocycles. The first-order valence-electron chi connectivity index (χ1n) is 8.74. The van der Waals surface area contributed by atoms with Gasteiger partial charge in [-0.15, -0.1) is 10.2 Å². The van der Waals surface area contributed by atoms with Gasteiger partial charge in [-0.2, -0.15) is 0 Å². The van der Waals surface area contributed by atoms with Crippen molar-refractivity contribution in [1.82, 2.24) is 15.2 Å². The van der Waals surface area contributed by atoms with Gasteiger partial charge in [0.05, 0.1) is 30.0 Å². The van der Waals surface area contributed by atoms with E-state index in [0.29, 0.717) is 25.0 Å². The molecule has 0 bridgehead atoms. The van der Waals surface area contributed by atoms with Gasteiger partial charge < -0.3 is 14.4 Å². The number of carbonyl (C=O) groups excluding carboxylic acids is 1. The molecule has 0 unspecified atom stereocenters. The van der Waals surface area contributed by atoms with E-state index in [1.54, 1.807) is 12.1 Å². The van der Waals surface area contributed by atoms with Crippen LogP contribution >= 0.6 is 11.3 Å². The summed E-state index contributed by atoms with van der Waals surface area (Å²) in [4.78, 5) is 19.0. The van der Waals surface area contributed by atoms with Crippen LogP contribution in [0.25, 0.3) is 10.2 Å². The Balaban J connectivity index is 1.46. The van der Waals surface area contributed by atoms with Gasteiger partial charge in [-0.3, -0.25) is 10.1 Å². The van der Waals surface area contributed by atoms with Gasteiger partial charge in [0.2, 0.25) is 0 Å². The largest absolute Gasteiger partial charge is 0.494 e. The first-order chi connectivity index (χ1) is 13.2. The fourth-order valence-electron chi connectivity index (χ4n) is 2.78. The molecule has 9 heteroatoms. The lowest BCUT2D eigenvalue weighted by molar-refractivity contribution is 0.102. The zero-order valence-electron chi connectivity index (χ0n) is 14.8. The molecule has 27 heavy (non-hydrogen) atoms. The molecule has 1 saturated heterocycles. The van der Waals surface area contributed by atoms with Crippen LogP contribution in [0.5, 0.6) is 5.75 Å². The topological polar surface area (TPSA) is 89.5 Å². The van der Waals surface area contributed by atoms with Gasteiger partial charge >= 0.3 is 0 Å². The van der Waals surface area contributed by atoms with Crippen LogP contribution in [0.3, 0.4) is 0 Å². The first kappa shape index (κ1) is 17.6. The number of hydrogen-bond donors (Lipinski definition) is 1. The lowest BCUT2D eigenvalue weighted by Crippen LogP contribution is -2.37. The zero-order chi connectivity index (χ0) is 18.6. The minimum absolute atomic E-state index is 0.251. The van der Waals surface area contributed by atoms with Crippen LogP contribution in [-0.2, 0) is 4.74 Å². The molecular weight excluding hydrogens is 366 g/mol. The SMILES string of the molecule is CCOc1ccc2nc(NC(=O)c3ccc(N4CCOCC4)nn3)sc2c1. The molecule has 2 aromatic heterocycles. The Morgan fingerprint density at radius 2 is 2.11 bits per heavy atom. The van der Waals surface area contributed by atoms with Crippen LogP contribution in [0.15, 0.2) is 30.3 Å². The molecule has 0 spiro atoms. The van der Waals surface area contributed by atoms with Crippen molar-refractivity contribution < 1.29 is 14.3 Å². The Morgan fingerprint density at radius 3 is 2.85 bits per heavy atom. The summed E-state index contributed by atoms with van der Waals surface area (Å²) in [6, 6.07) is 9.15. The van der Waals surface area contributed by atoms with Gasteiger partial charge in [0.25, 0.3) is 5.91 Å². The van der Waals surface area contributed by atoms with Crippen molar-refractivity contribution in [2.75, 3.05) is 43.1 Å². The molecule has 1 fully saturated rings. The monoisotopic (exact) mass is 385 g/mol. The number of fused-ring (bicyclic) bond motifs is 1. The summed E-state index contributed by atoms with van der Waals surface area (Å²) in [7, 11) is 0. The van der Waals surface area contributed by atoms with Crippen molar-refractivity contribution in [2.45, 2.75) is 6.92 Å². The van der Waals surface area contributed by atoms with Crippen LogP contribution in [0.2, 0.25) is 0 Å². The molecule has 1 N–H and O–H groups in total. The van der Waals surface area contributed by atoms with Gasteiger partial charge in [0, 0.05) is 13.1 Å². The van der Waals surface area contributed by atoms with Crippen LogP contribution in [0, 0.1) is 0 Å². The number of rotatable bonds is 5. The van der Waals surface area contributed by atoms with E-state index in [-0.39, 0.29) is 11.6 Å². The molecular formula is C18H19N5O3S. The highest BCUT2D eigenvalue weighted by Gasteiger charge is 2.16. The molecule has 1 aromatic carbocycles. The summed E-state index contributed by atoms with van der Waals surface area (Å²) in [5, 5.41) is 11.5. The number of anilines is 2. The minimum Gasteiger partial charge on any atom is -0.494 e. The second-order valence-corrected chi connectivity index (χ2v) is 6.94. The lowest BCUT2D eigenvalue weighted by Gasteiger charge is -2.27. The number of benzene rings is 1. The number of aromatic nitrogens is 3. The molecule has 0 atom stereocenters. The van der Waals surface area contributed by atoms with Gasteiger partial charge in [0.1, 0.15) is 5.75 Å². The zero-order valence-corrected chi connectivity index (χ0v) is 15.7. The van der Waals surface area contributed by atoms with Crippen LogP contribution in [0.1, 0.15) is 17.4 Å². The summed E-state index contributed by atoms with van der Waals surface area (Å²) in [6.07, 6.45) is 0. The predicted octanol–water partition coefficient (Wildman–Crippen LogP) is 2.57.